The zero-order chi connectivity index (χ0) is 12.3. The predicted molar refractivity (Wildman–Crippen MR) is 63.7 cm³/mol. The molecule has 1 aromatic rings. The van der Waals surface area contributed by atoms with Gasteiger partial charge in [0, 0.05) is 13.1 Å². The zero-order valence-electron chi connectivity index (χ0n) is 9.20. The van der Waals surface area contributed by atoms with Crippen molar-refractivity contribution in [1.29, 1.82) is 5.26 Å². The first-order chi connectivity index (χ1) is 8.14. The van der Waals surface area contributed by atoms with Crippen molar-refractivity contribution in [2.24, 2.45) is 0 Å². The van der Waals surface area contributed by atoms with Crippen LogP contribution in [0.3, 0.4) is 0 Å². The minimum atomic E-state index is -3.41. The Kier molecular flexibility index (Phi) is 3.27. The summed E-state index contributed by atoms with van der Waals surface area (Å²) in [6, 6.07) is 7.96. The minimum Gasteiger partial charge on any atom is -0.207 e. The zero-order valence-corrected chi connectivity index (χ0v) is 10.0. The summed E-state index contributed by atoms with van der Waals surface area (Å²) in [6.07, 6.45) is 4.57. The third-order valence-electron chi connectivity index (χ3n) is 2.64. The van der Waals surface area contributed by atoms with Gasteiger partial charge in [-0.25, -0.2) is 8.42 Å². The molecule has 0 bridgehead atoms. The van der Waals surface area contributed by atoms with E-state index < -0.39 is 10.0 Å². The summed E-state index contributed by atoms with van der Waals surface area (Å²) >= 11 is 0. The Bertz CT molecular complexity index is 568. The molecule has 0 atom stereocenters. The van der Waals surface area contributed by atoms with Crippen LogP contribution in [0.4, 0.5) is 0 Å². The highest BCUT2D eigenvalue weighted by Gasteiger charge is 2.23. The van der Waals surface area contributed by atoms with Gasteiger partial charge in [-0.3, -0.25) is 0 Å². The van der Waals surface area contributed by atoms with Crippen LogP contribution in [0, 0.1) is 11.3 Å². The molecule has 0 amide bonds. The van der Waals surface area contributed by atoms with E-state index in [1.807, 2.05) is 18.2 Å². The van der Waals surface area contributed by atoms with Gasteiger partial charge in [-0.1, -0.05) is 12.2 Å². The van der Waals surface area contributed by atoms with Crippen LogP contribution < -0.4 is 0 Å². The molecule has 4 nitrogen and oxygen atoms in total. The molecule has 1 aliphatic rings. The summed E-state index contributed by atoms with van der Waals surface area (Å²) in [6.45, 7) is 0.932. The highest BCUT2D eigenvalue weighted by atomic mass is 32.2. The highest BCUT2D eigenvalue weighted by molar-refractivity contribution is 7.89. The summed E-state index contributed by atoms with van der Waals surface area (Å²) in [5.41, 5.74) is 0.461. The molecule has 1 aromatic carbocycles. The number of sulfonamides is 1. The van der Waals surface area contributed by atoms with Crippen molar-refractivity contribution in [1.82, 2.24) is 4.31 Å². The average Bonchev–Trinajstić information content (AvgIpc) is 2.40. The van der Waals surface area contributed by atoms with Gasteiger partial charge in [-0.05, 0) is 30.7 Å². The van der Waals surface area contributed by atoms with Crippen molar-refractivity contribution in [3.05, 3.63) is 42.0 Å². The van der Waals surface area contributed by atoms with Gasteiger partial charge in [0.25, 0.3) is 0 Å². The molecular formula is C12H12N2O2S. The Labute approximate surface area is 101 Å². The number of nitrogens with zero attached hydrogens (tertiary/aromatic N) is 2. The molecule has 2 rings (SSSR count). The summed E-state index contributed by atoms with van der Waals surface area (Å²) < 4.78 is 25.8. The number of rotatable bonds is 2. The molecule has 5 heteroatoms. The molecule has 0 radical (unpaired) electrons. The van der Waals surface area contributed by atoms with Crippen molar-refractivity contribution in [3.8, 4) is 6.07 Å². The second-order valence-electron chi connectivity index (χ2n) is 3.76. The largest absolute Gasteiger partial charge is 0.243 e. The lowest BCUT2D eigenvalue weighted by atomic mass is 10.2. The molecule has 0 aliphatic carbocycles. The summed E-state index contributed by atoms with van der Waals surface area (Å²) in [4.78, 5) is 0.242. The summed E-state index contributed by atoms with van der Waals surface area (Å²) in [5, 5.41) is 8.66. The topological polar surface area (TPSA) is 61.2 Å². The van der Waals surface area contributed by atoms with Crippen molar-refractivity contribution in [2.45, 2.75) is 11.3 Å². The van der Waals surface area contributed by atoms with Crippen LogP contribution in [0.5, 0.6) is 0 Å². The summed E-state index contributed by atoms with van der Waals surface area (Å²) in [7, 11) is -3.41. The van der Waals surface area contributed by atoms with Crippen LogP contribution >= 0.6 is 0 Å². The van der Waals surface area contributed by atoms with E-state index in [-0.39, 0.29) is 4.90 Å². The Balaban J connectivity index is 2.31. The minimum absolute atomic E-state index is 0.242. The Morgan fingerprint density at radius 3 is 2.41 bits per heavy atom. The van der Waals surface area contributed by atoms with Gasteiger partial charge >= 0.3 is 0 Å². The lowest BCUT2D eigenvalue weighted by Gasteiger charge is -2.22. The second-order valence-corrected chi connectivity index (χ2v) is 5.70. The number of hydrogen-bond acceptors (Lipinski definition) is 3. The molecule has 1 heterocycles. The Morgan fingerprint density at radius 2 is 1.88 bits per heavy atom. The fraction of sp³-hybridized carbons (Fsp3) is 0.250. The maximum atomic E-state index is 12.2. The van der Waals surface area contributed by atoms with Crippen LogP contribution in [0.2, 0.25) is 0 Å². The van der Waals surface area contributed by atoms with E-state index in [4.69, 9.17) is 5.26 Å². The van der Waals surface area contributed by atoms with Crippen molar-refractivity contribution in [3.63, 3.8) is 0 Å². The van der Waals surface area contributed by atoms with Crippen molar-refractivity contribution in [2.75, 3.05) is 13.1 Å². The molecule has 88 valence electrons. The lowest BCUT2D eigenvalue weighted by molar-refractivity contribution is 0.437. The van der Waals surface area contributed by atoms with E-state index in [0.29, 0.717) is 18.7 Å². The Morgan fingerprint density at radius 1 is 1.18 bits per heavy atom. The van der Waals surface area contributed by atoms with Gasteiger partial charge in [0.15, 0.2) is 0 Å². The number of hydrogen-bond donors (Lipinski definition) is 0. The van der Waals surface area contributed by atoms with E-state index in [1.54, 1.807) is 0 Å². The first-order valence-electron chi connectivity index (χ1n) is 5.30. The standard InChI is InChI=1S/C12H12N2O2S/c13-10-11-4-6-12(7-5-11)17(15,16)14-8-2-1-3-9-14/h1-2,4-7H,3,8-9H2. The van der Waals surface area contributed by atoms with Crippen LogP contribution in [0.25, 0.3) is 0 Å². The van der Waals surface area contributed by atoms with Gasteiger partial charge < -0.3 is 0 Å². The van der Waals surface area contributed by atoms with Gasteiger partial charge in [-0.15, -0.1) is 0 Å². The molecule has 0 unspecified atom stereocenters. The monoisotopic (exact) mass is 248 g/mol. The fourth-order valence-corrected chi connectivity index (χ4v) is 3.09. The molecule has 1 aliphatic heterocycles. The number of nitriles is 1. The first kappa shape index (κ1) is 11.8. The van der Waals surface area contributed by atoms with Gasteiger partial charge in [0.1, 0.15) is 0 Å². The van der Waals surface area contributed by atoms with Gasteiger partial charge in [0.05, 0.1) is 16.5 Å². The van der Waals surface area contributed by atoms with E-state index in [0.717, 1.165) is 6.42 Å². The van der Waals surface area contributed by atoms with Crippen molar-refractivity contribution >= 4 is 10.0 Å². The SMILES string of the molecule is N#Cc1ccc(S(=O)(=O)N2CC=CCC2)cc1. The van der Waals surface area contributed by atoms with E-state index in [9.17, 15) is 8.42 Å². The third-order valence-corrected chi connectivity index (χ3v) is 4.52. The molecule has 0 N–H and O–H groups in total. The van der Waals surface area contributed by atoms with Crippen LogP contribution in [0.1, 0.15) is 12.0 Å². The predicted octanol–water partition coefficient (Wildman–Crippen LogP) is 1.51. The van der Waals surface area contributed by atoms with Crippen LogP contribution in [0.15, 0.2) is 41.3 Å². The molecule has 0 fully saturated rings. The van der Waals surface area contributed by atoms with E-state index in [1.165, 1.54) is 28.6 Å². The molecular weight excluding hydrogens is 236 g/mol. The normalized spacial score (nSPS) is 16.6. The average molecular weight is 248 g/mol. The molecule has 0 saturated heterocycles. The second kappa shape index (κ2) is 4.70. The number of benzene rings is 1. The molecule has 0 spiro atoms. The fourth-order valence-electron chi connectivity index (χ4n) is 1.69. The maximum Gasteiger partial charge on any atom is 0.243 e. The van der Waals surface area contributed by atoms with Crippen LogP contribution in [-0.4, -0.2) is 25.8 Å². The Hall–Kier alpha value is -1.64. The maximum absolute atomic E-state index is 12.2. The highest BCUT2D eigenvalue weighted by Crippen LogP contribution is 2.18. The summed E-state index contributed by atoms with van der Waals surface area (Å²) in [5.74, 6) is 0. The smallest absolute Gasteiger partial charge is 0.207 e. The van der Waals surface area contributed by atoms with Crippen molar-refractivity contribution < 1.29 is 8.42 Å². The molecule has 0 aromatic heterocycles. The van der Waals surface area contributed by atoms with Crippen LogP contribution in [-0.2, 0) is 10.0 Å². The quantitative estimate of drug-likeness (QED) is 0.745. The third kappa shape index (κ3) is 2.38. The van der Waals surface area contributed by atoms with E-state index >= 15 is 0 Å². The molecule has 17 heavy (non-hydrogen) atoms. The molecule has 0 saturated carbocycles. The lowest BCUT2D eigenvalue weighted by Crippen LogP contribution is -2.33. The van der Waals surface area contributed by atoms with Gasteiger partial charge in [0.2, 0.25) is 10.0 Å². The van der Waals surface area contributed by atoms with E-state index in [2.05, 4.69) is 0 Å². The van der Waals surface area contributed by atoms with Gasteiger partial charge in [-0.2, -0.15) is 9.57 Å². The first-order valence-corrected chi connectivity index (χ1v) is 6.74.